The van der Waals surface area contributed by atoms with Crippen molar-refractivity contribution in [1.29, 1.82) is 0 Å². The molecule has 0 bridgehead atoms. The van der Waals surface area contributed by atoms with Crippen molar-refractivity contribution in [2.45, 2.75) is 19.9 Å². The average molecular weight is 423 g/mol. The number of halogens is 2. The van der Waals surface area contributed by atoms with Gasteiger partial charge in [0.2, 0.25) is 10.0 Å². The lowest BCUT2D eigenvalue weighted by atomic mass is 10.2. The van der Waals surface area contributed by atoms with Gasteiger partial charge in [0.05, 0.1) is 4.91 Å². The minimum atomic E-state index is -3.62. The maximum Gasteiger partial charge on any atom is 0.240 e. The molecule has 0 saturated heterocycles. The fourth-order valence-corrected chi connectivity index (χ4v) is 3.64. The maximum absolute atomic E-state index is 12.2. The van der Waals surface area contributed by atoms with Crippen LogP contribution in [0.4, 0.5) is 4.39 Å². The van der Waals surface area contributed by atoms with Crippen molar-refractivity contribution in [2.75, 3.05) is 6.67 Å². The molecular weight excluding hydrogens is 404 g/mol. The minimum absolute atomic E-state index is 0.0999. The third kappa shape index (κ3) is 6.19. The summed E-state index contributed by atoms with van der Waals surface area (Å²) in [5.41, 5.74) is 0.880. The van der Waals surface area contributed by atoms with Crippen LogP contribution in [-0.4, -0.2) is 19.6 Å². The molecule has 0 aliphatic heterocycles. The van der Waals surface area contributed by atoms with Gasteiger partial charge in [-0.25, -0.2) is 17.5 Å². The number of allylic oxidation sites excluding steroid dienone is 3. The Morgan fingerprint density at radius 1 is 1.38 bits per heavy atom. The Morgan fingerprint density at radius 2 is 2.05 bits per heavy atom. The molecule has 0 unspecified atom stereocenters. The third-order valence-corrected chi connectivity index (χ3v) is 5.67. The summed E-state index contributed by atoms with van der Waals surface area (Å²) in [6, 6.07) is 7.72. The van der Waals surface area contributed by atoms with Gasteiger partial charge >= 0.3 is 0 Å². The summed E-state index contributed by atoms with van der Waals surface area (Å²) in [5, 5.41) is 0. The van der Waals surface area contributed by atoms with E-state index in [1.54, 1.807) is 6.08 Å². The first-order valence-corrected chi connectivity index (χ1v) is 10.5. The quantitative estimate of drug-likeness (QED) is 0.514. The van der Waals surface area contributed by atoms with Gasteiger partial charge in [-0.2, -0.15) is 0 Å². The molecule has 0 fully saturated rings. The summed E-state index contributed by atoms with van der Waals surface area (Å²) in [7, 11) is -3.62. The Kier molecular flexibility index (Phi) is 7.98. The van der Waals surface area contributed by atoms with E-state index in [0.29, 0.717) is 6.42 Å². The van der Waals surface area contributed by atoms with E-state index in [4.69, 9.17) is 0 Å². The Hall–Kier alpha value is -0.860. The van der Waals surface area contributed by atoms with Crippen molar-refractivity contribution in [1.82, 2.24) is 4.72 Å². The van der Waals surface area contributed by atoms with Gasteiger partial charge < -0.3 is 0 Å². The first kappa shape index (κ1) is 18.2. The summed E-state index contributed by atoms with van der Waals surface area (Å²) in [6.07, 6.45) is 4.61. The molecule has 0 aliphatic rings. The van der Waals surface area contributed by atoms with E-state index in [1.165, 1.54) is 15.7 Å². The number of alkyl halides is 1. The molecule has 0 aromatic heterocycles. The lowest BCUT2D eigenvalue weighted by Crippen LogP contribution is -2.24. The van der Waals surface area contributed by atoms with Crippen molar-refractivity contribution in [3.05, 3.63) is 56.5 Å². The molecule has 0 spiro atoms. The van der Waals surface area contributed by atoms with E-state index >= 15 is 0 Å². The zero-order chi connectivity index (χ0) is 15.7. The number of nitrogens with one attached hydrogen (secondary N) is 1. The van der Waals surface area contributed by atoms with Crippen LogP contribution in [0.2, 0.25) is 0 Å². The Morgan fingerprint density at radius 3 is 2.57 bits per heavy atom. The van der Waals surface area contributed by atoms with Crippen LogP contribution in [0.1, 0.15) is 18.9 Å². The lowest BCUT2D eigenvalue weighted by molar-refractivity contribution is 0.561. The predicted molar refractivity (Wildman–Crippen MR) is 95.5 cm³/mol. The highest BCUT2D eigenvalue weighted by Gasteiger charge is 2.14. The topological polar surface area (TPSA) is 46.2 Å². The SMILES string of the molecule is C=Ic1ccc(CNS(=O)(=O)C(/C=C\CF)=C/CC)cc1. The van der Waals surface area contributed by atoms with Gasteiger partial charge in [-0.1, -0.05) is 56.5 Å². The van der Waals surface area contributed by atoms with Crippen molar-refractivity contribution >= 4 is 35.3 Å². The highest BCUT2D eigenvalue weighted by Crippen LogP contribution is 2.12. The molecule has 116 valence electrons. The van der Waals surface area contributed by atoms with Crippen LogP contribution >= 0.6 is 20.7 Å². The molecule has 0 amide bonds. The third-order valence-electron chi connectivity index (χ3n) is 2.62. The fraction of sp³-hybridized carbons (Fsp3) is 0.267. The highest BCUT2D eigenvalue weighted by molar-refractivity contribution is 14.2. The van der Waals surface area contributed by atoms with Gasteiger partial charge in [-0.3, -0.25) is 0 Å². The monoisotopic (exact) mass is 423 g/mol. The number of hydrogen-bond acceptors (Lipinski definition) is 2. The van der Waals surface area contributed by atoms with E-state index in [9.17, 15) is 12.8 Å². The lowest BCUT2D eigenvalue weighted by Gasteiger charge is -2.08. The van der Waals surface area contributed by atoms with Gasteiger partial charge in [0, 0.05) is 10.1 Å². The van der Waals surface area contributed by atoms with Gasteiger partial charge in [-0.15, -0.1) is 0 Å². The molecule has 21 heavy (non-hydrogen) atoms. The summed E-state index contributed by atoms with van der Waals surface area (Å²) >= 11 is -0.202. The van der Waals surface area contributed by atoms with E-state index in [0.717, 1.165) is 5.56 Å². The highest BCUT2D eigenvalue weighted by atomic mass is 127. The Balaban J connectivity index is 2.80. The molecule has 0 aliphatic carbocycles. The normalized spacial score (nSPS) is 13.0. The van der Waals surface area contributed by atoms with Crippen molar-refractivity contribution in [2.24, 2.45) is 0 Å². The standard InChI is InChI=1S/C15H19FINO2S/c1-3-5-15(6-4-11-16)21(19,20)18-12-13-7-9-14(17-2)10-8-13/h4-10,18H,2-3,11-12H2,1H3/b6-4-,15-5+. The summed E-state index contributed by atoms with van der Waals surface area (Å²) in [5.74, 6) is 0. The first-order valence-electron chi connectivity index (χ1n) is 6.43. The molecule has 0 atom stereocenters. The molecule has 6 heteroatoms. The van der Waals surface area contributed by atoms with E-state index in [1.807, 2.05) is 31.2 Å². The van der Waals surface area contributed by atoms with Crippen LogP contribution < -0.4 is 4.72 Å². The van der Waals surface area contributed by atoms with Gasteiger partial charge in [0.25, 0.3) is 0 Å². The van der Waals surface area contributed by atoms with Crippen LogP contribution in [0.3, 0.4) is 0 Å². The Bertz CT molecular complexity index is 622. The largest absolute Gasteiger partial charge is 0.247 e. The van der Waals surface area contributed by atoms with Crippen LogP contribution in [0.15, 0.2) is 47.4 Å². The second-order valence-electron chi connectivity index (χ2n) is 4.16. The van der Waals surface area contributed by atoms with Crippen molar-refractivity contribution < 1.29 is 12.8 Å². The number of sulfonamides is 1. The second kappa shape index (κ2) is 9.22. The van der Waals surface area contributed by atoms with Crippen LogP contribution in [-0.2, 0) is 16.6 Å². The number of rotatable bonds is 8. The zero-order valence-corrected chi connectivity index (χ0v) is 14.8. The van der Waals surface area contributed by atoms with Crippen LogP contribution in [0, 0.1) is 3.57 Å². The summed E-state index contributed by atoms with van der Waals surface area (Å²) < 4.78 is 44.1. The molecule has 0 heterocycles. The molecule has 1 aromatic rings. The summed E-state index contributed by atoms with van der Waals surface area (Å²) in [4.78, 5) is 0.0999. The van der Waals surface area contributed by atoms with Crippen LogP contribution in [0.5, 0.6) is 0 Å². The van der Waals surface area contributed by atoms with Gasteiger partial charge in [-0.05, 0) is 30.2 Å². The van der Waals surface area contributed by atoms with E-state index in [-0.39, 0.29) is 32.2 Å². The molecular formula is C15H19FINO2S. The van der Waals surface area contributed by atoms with Crippen molar-refractivity contribution in [3.63, 3.8) is 0 Å². The first-order chi connectivity index (χ1) is 10.0. The van der Waals surface area contributed by atoms with Crippen LogP contribution in [0.25, 0.3) is 0 Å². The predicted octanol–water partition coefficient (Wildman–Crippen LogP) is 3.50. The van der Waals surface area contributed by atoms with Crippen molar-refractivity contribution in [3.8, 4) is 0 Å². The molecule has 1 rings (SSSR count). The molecule has 3 nitrogen and oxygen atoms in total. The van der Waals surface area contributed by atoms with E-state index in [2.05, 4.69) is 9.24 Å². The molecule has 1 N–H and O–H groups in total. The number of benzene rings is 1. The maximum atomic E-state index is 12.2. The number of hydrogen-bond donors (Lipinski definition) is 1. The summed E-state index contributed by atoms with van der Waals surface area (Å²) in [6.45, 7) is 1.36. The van der Waals surface area contributed by atoms with Gasteiger partial charge in [0.15, 0.2) is 0 Å². The minimum Gasteiger partial charge on any atom is -0.247 e. The zero-order valence-electron chi connectivity index (χ0n) is 11.9. The molecule has 1 aromatic carbocycles. The Labute approximate surface area is 135 Å². The molecule has 0 saturated carbocycles. The fourth-order valence-electron chi connectivity index (χ4n) is 1.58. The average Bonchev–Trinajstić information content (AvgIpc) is 2.50. The molecule has 0 radical (unpaired) electrons. The van der Waals surface area contributed by atoms with Gasteiger partial charge in [0.1, 0.15) is 6.67 Å². The van der Waals surface area contributed by atoms with E-state index < -0.39 is 16.7 Å². The second-order valence-corrected chi connectivity index (χ2v) is 7.93. The smallest absolute Gasteiger partial charge is 0.240 e.